The number of halogens is 3. The summed E-state index contributed by atoms with van der Waals surface area (Å²) >= 11 is 0. The molecule has 1 aliphatic heterocycles. The molecule has 0 aromatic carbocycles. The van der Waals surface area contributed by atoms with Crippen LogP contribution in [-0.2, 0) is 37.8 Å². The van der Waals surface area contributed by atoms with Gasteiger partial charge in [-0.2, -0.15) is 21.8 Å². The van der Waals surface area contributed by atoms with E-state index in [0.717, 1.165) is 10.9 Å². The molecule has 2 aromatic rings. The highest BCUT2D eigenvalue weighted by molar-refractivity contribution is 7.66. The summed E-state index contributed by atoms with van der Waals surface area (Å²) < 4.78 is 90.2. The van der Waals surface area contributed by atoms with Crippen LogP contribution in [0, 0.1) is 0 Å². The van der Waals surface area contributed by atoms with Crippen LogP contribution in [0.5, 0.6) is 0 Å². The molecule has 8 N–H and O–H groups in total. The molecule has 3 rings (SSSR count). The normalized spacial score (nSPS) is 27.1. The number of phosphoric ester groups is 1. The number of nitrogens with two attached hydrogens (primary N) is 1. The van der Waals surface area contributed by atoms with E-state index in [2.05, 4.69) is 28.1 Å². The molecule has 1 saturated heterocycles. The lowest BCUT2D eigenvalue weighted by atomic mass is 10.1. The third-order valence-electron chi connectivity index (χ3n) is 4.13. The summed E-state index contributed by atoms with van der Waals surface area (Å²) in [5.41, 5.74) is 4.61. The second-order valence-electron chi connectivity index (χ2n) is 6.69. The molecule has 1 fully saturated rings. The maximum atomic E-state index is 13.0. The van der Waals surface area contributed by atoms with Gasteiger partial charge >= 0.3 is 29.6 Å². The summed E-state index contributed by atoms with van der Waals surface area (Å²) in [5.74, 6) is -2.29. The maximum absolute atomic E-state index is 13.0. The number of rotatable bonds is 8. The van der Waals surface area contributed by atoms with E-state index in [9.17, 15) is 42.0 Å². The zero-order valence-electron chi connectivity index (χ0n) is 16.5. The number of aliphatic hydroxyl groups excluding tert-OH is 2. The van der Waals surface area contributed by atoms with Crippen molar-refractivity contribution in [3.8, 4) is 0 Å². The lowest BCUT2D eigenvalue weighted by molar-refractivity contribution is -0.144. The number of alkyl halides is 3. The molecule has 24 heteroatoms. The van der Waals surface area contributed by atoms with Crippen molar-refractivity contribution in [1.29, 1.82) is 0 Å². The van der Waals surface area contributed by atoms with Crippen molar-refractivity contribution in [3.63, 3.8) is 0 Å². The average molecular weight is 575 g/mol. The summed E-state index contributed by atoms with van der Waals surface area (Å²) in [5, 5.41) is 20.4. The van der Waals surface area contributed by atoms with Crippen LogP contribution >= 0.6 is 23.5 Å². The molecule has 0 bridgehead atoms. The van der Waals surface area contributed by atoms with E-state index in [4.69, 9.17) is 25.2 Å². The number of hydrogen-bond acceptors (Lipinski definition) is 13. The third-order valence-corrected chi connectivity index (χ3v) is 7.93. The van der Waals surface area contributed by atoms with E-state index in [1.807, 2.05) is 0 Å². The minimum absolute atomic E-state index is 0.306. The van der Waals surface area contributed by atoms with Gasteiger partial charge in [0, 0.05) is 0 Å². The minimum atomic E-state index is -5.81. The van der Waals surface area contributed by atoms with Crippen molar-refractivity contribution in [2.24, 2.45) is 0 Å². The highest BCUT2D eigenvalue weighted by atomic mass is 31.3. The first-order valence-electron chi connectivity index (χ1n) is 8.67. The molecule has 1 aliphatic rings. The number of nitrogen functional groups attached to an aromatic ring is 1. The van der Waals surface area contributed by atoms with Gasteiger partial charge in [-0.25, -0.2) is 28.6 Å². The molecule has 0 aliphatic carbocycles. The average Bonchev–Trinajstić information content (AvgIpc) is 3.19. The number of imidazole rings is 1. The molecular weight excluding hydrogens is 560 g/mol. The molecule has 0 amide bonds. The summed E-state index contributed by atoms with van der Waals surface area (Å²) in [6.07, 6.45) is -11.3. The fraction of sp³-hybridized carbons (Fsp3) is 0.545. The molecule has 0 saturated carbocycles. The summed E-state index contributed by atoms with van der Waals surface area (Å²) in [4.78, 5) is 45.7. The Labute approximate surface area is 190 Å². The number of ether oxygens (including phenoxy) is 1. The minimum Gasteiger partial charge on any atom is -0.387 e. The Morgan fingerprint density at radius 1 is 1.06 bits per heavy atom. The zero-order chi connectivity index (χ0) is 26.6. The highest BCUT2D eigenvalue weighted by Gasteiger charge is 2.47. The van der Waals surface area contributed by atoms with Gasteiger partial charge in [-0.3, -0.25) is 9.09 Å². The van der Waals surface area contributed by atoms with Crippen LogP contribution in [0.3, 0.4) is 0 Å². The SMILES string of the molecule is Nc1nc(C(F)(F)F)nc2c1ncn2[C@@H]1O[C@H](COP(=O)(O)OP(=O)(O)OP(=O)(O)O)[C@@H](O)[C@H]1O. The van der Waals surface area contributed by atoms with Crippen LogP contribution in [0.4, 0.5) is 19.0 Å². The second-order valence-corrected chi connectivity index (χ2v) is 11.1. The van der Waals surface area contributed by atoms with Gasteiger partial charge in [-0.15, -0.1) is 0 Å². The van der Waals surface area contributed by atoms with Crippen molar-refractivity contribution < 1.29 is 74.5 Å². The van der Waals surface area contributed by atoms with Crippen LogP contribution < -0.4 is 5.73 Å². The number of hydrogen-bond donors (Lipinski definition) is 7. The van der Waals surface area contributed by atoms with Gasteiger partial charge in [0.2, 0.25) is 5.82 Å². The third kappa shape index (κ3) is 6.60. The Morgan fingerprint density at radius 2 is 1.69 bits per heavy atom. The van der Waals surface area contributed by atoms with Gasteiger partial charge in [0.15, 0.2) is 17.7 Å². The first kappa shape index (κ1) is 28.0. The van der Waals surface area contributed by atoms with E-state index in [1.54, 1.807) is 0 Å². The largest absolute Gasteiger partial charge is 0.490 e. The quantitative estimate of drug-likeness (QED) is 0.193. The lowest BCUT2D eigenvalue weighted by Gasteiger charge is -2.19. The van der Waals surface area contributed by atoms with Crippen molar-refractivity contribution in [1.82, 2.24) is 19.5 Å². The number of aliphatic hydroxyl groups is 2. The topological polar surface area (TPSA) is 279 Å². The Kier molecular flexibility index (Phi) is 7.51. The molecule has 3 heterocycles. The number of fused-ring (bicyclic) bond motifs is 1. The molecule has 18 nitrogen and oxygen atoms in total. The standard InChI is InChI=1S/C11H15F3N5O13P3/c12-11(13,14)10-17-7(15)4-8(18-10)19(2-16-4)9-6(21)5(20)3(30-9)1-29-34(25,26)32-35(27,28)31-33(22,23)24/h2-3,5-6,9,20-21H,1H2,(H,25,26)(H,27,28)(H2,15,17,18)(H2,22,23,24)/t3-,5-,6-,9-/m1/s1. The van der Waals surface area contributed by atoms with Crippen molar-refractivity contribution in [3.05, 3.63) is 12.2 Å². The molecule has 2 aromatic heterocycles. The van der Waals surface area contributed by atoms with Crippen LogP contribution in [-0.4, -0.2) is 74.2 Å². The molecule has 6 atom stereocenters. The van der Waals surface area contributed by atoms with Crippen LogP contribution in [0.2, 0.25) is 0 Å². The number of anilines is 1. The lowest BCUT2D eigenvalue weighted by Crippen LogP contribution is -2.33. The first-order chi connectivity index (χ1) is 15.8. The fourth-order valence-corrected chi connectivity index (χ4v) is 5.85. The van der Waals surface area contributed by atoms with Crippen LogP contribution in [0.1, 0.15) is 12.1 Å². The van der Waals surface area contributed by atoms with Gasteiger partial charge in [-0.1, -0.05) is 0 Å². The Morgan fingerprint density at radius 3 is 2.26 bits per heavy atom. The second kappa shape index (κ2) is 9.38. The van der Waals surface area contributed by atoms with Gasteiger partial charge in [0.1, 0.15) is 23.8 Å². The Bertz CT molecular complexity index is 1250. The Balaban J connectivity index is 1.78. The van der Waals surface area contributed by atoms with Gasteiger partial charge in [0.25, 0.3) is 0 Å². The Hall–Kier alpha value is -1.57. The number of phosphoric acid groups is 3. The van der Waals surface area contributed by atoms with Crippen molar-refractivity contribution in [2.45, 2.75) is 30.7 Å². The molecule has 35 heavy (non-hydrogen) atoms. The zero-order valence-corrected chi connectivity index (χ0v) is 19.2. The molecule has 2 unspecified atom stereocenters. The van der Waals surface area contributed by atoms with Crippen molar-refractivity contribution >= 4 is 40.4 Å². The summed E-state index contributed by atoms with van der Waals surface area (Å²) in [6, 6.07) is 0. The van der Waals surface area contributed by atoms with Crippen LogP contribution in [0.15, 0.2) is 6.33 Å². The number of nitrogens with zero attached hydrogens (tertiary/aromatic N) is 4. The predicted octanol–water partition coefficient (Wildman–Crippen LogP) is -0.610. The molecule has 0 radical (unpaired) electrons. The van der Waals surface area contributed by atoms with Gasteiger partial charge in [0.05, 0.1) is 12.9 Å². The highest BCUT2D eigenvalue weighted by Crippen LogP contribution is 2.66. The maximum Gasteiger partial charge on any atom is 0.490 e. The smallest absolute Gasteiger partial charge is 0.387 e. The van der Waals surface area contributed by atoms with Gasteiger partial charge in [-0.05, 0) is 0 Å². The number of aromatic nitrogens is 4. The predicted molar refractivity (Wildman–Crippen MR) is 100 cm³/mol. The van der Waals surface area contributed by atoms with Crippen molar-refractivity contribution in [2.75, 3.05) is 12.3 Å². The van der Waals surface area contributed by atoms with E-state index in [-0.39, 0.29) is 5.52 Å². The van der Waals surface area contributed by atoms with E-state index in [0.29, 0.717) is 0 Å². The molecule has 0 spiro atoms. The molecular formula is C11H15F3N5O13P3. The first-order valence-corrected chi connectivity index (χ1v) is 13.2. The van der Waals surface area contributed by atoms with E-state index in [1.165, 1.54) is 0 Å². The summed E-state index contributed by atoms with van der Waals surface area (Å²) in [6.45, 7) is -1.14. The molecule has 198 valence electrons. The van der Waals surface area contributed by atoms with Gasteiger partial charge < -0.3 is 40.3 Å². The fourth-order valence-electron chi connectivity index (χ4n) is 2.82. The van der Waals surface area contributed by atoms with E-state index < -0.39 is 78.1 Å². The monoisotopic (exact) mass is 575 g/mol. The van der Waals surface area contributed by atoms with E-state index >= 15 is 0 Å². The van der Waals surface area contributed by atoms with Crippen LogP contribution in [0.25, 0.3) is 11.2 Å². The summed E-state index contributed by atoms with van der Waals surface area (Å²) in [7, 11) is -17.0.